The standard InChI is InChI=1S/C23H35N3O/c1-6-17(15(2)3)20(24)11-12-22-23-19(13-14-26(22)16(4)27)18-9-7-8-10-21(18)25(23)5/h7-10,15,17,20,22H,6,11-14,24H2,1-5H3. The van der Waals surface area contributed by atoms with Gasteiger partial charge in [0.1, 0.15) is 0 Å². The van der Waals surface area contributed by atoms with Gasteiger partial charge in [-0.3, -0.25) is 4.79 Å². The van der Waals surface area contributed by atoms with Crippen LogP contribution in [0, 0.1) is 11.8 Å². The molecule has 0 saturated heterocycles. The van der Waals surface area contributed by atoms with Gasteiger partial charge in [-0.25, -0.2) is 0 Å². The van der Waals surface area contributed by atoms with Crippen molar-refractivity contribution in [3.63, 3.8) is 0 Å². The van der Waals surface area contributed by atoms with Gasteiger partial charge in [0.15, 0.2) is 0 Å². The number of fused-ring (bicyclic) bond motifs is 3. The predicted octanol–water partition coefficient (Wildman–Crippen LogP) is 4.41. The summed E-state index contributed by atoms with van der Waals surface area (Å²) in [6.45, 7) is 9.26. The largest absolute Gasteiger partial charge is 0.346 e. The first-order valence-electron chi connectivity index (χ1n) is 10.5. The van der Waals surface area contributed by atoms with Crippen LogP contribution in [0.1, 0.15) is 64.3 Å². The molecule has 2 aromatic rings. The number of benzene rings is 1. The summed E-state index contributed by atoms with van der Waals surface area (Å²) < 4.78 is 2.30. The first-order valence-corrected chi connectivity index (χ1v) is 10.5. The first-order chi connectivity index (χ1) is 12.9. The summed E-state index contributed by atoms with van der Waals surface area (Å²) in [5.74, 6) is 1.29. The Hall–Kier alpha value is -1.81. The fourth-order valence-corrected chi connectivity index (χ4v) is 5.22. The van der Waals surface area contributed by atoms with Crippen LogP contribution in [-0.2, 0) is 18.3 Å². The number of nitrogens with two attached hydrogens (primary N) is 1. The van der Waals surface area contributed by atoms with Crippen LogP contribution in [0.4, 0.5) is 0 Å². The van der Waals surface area contributed by atoms with E-state index in [9.17, 15) is 4.79 Å². The van der Waals surface area contributed by atoms with Crippen molar-refractivity contribution in [3.05, 3.63) is 35.5 Å². The van der Waals surface area contributed by atoms with E-state index in [1.54, 1.807) is 6.92 Å². The third kappa shape index (κ3) is 3.64. The summed E-state index contributed by atoms with van der Waals surface area (Å²) >= 11 is 0. The molecule has 1 aliphatic rings. The van der Waals surface area contributed by atoms with Crippen LogP contribution in [0.3, 0.4) is 0 Å². The molecule has 3 atom stereocenters. The average Bonchev–Trinajstić information content (AvgIpc) is 2.93. The summed E-state index contributed by atoms with van der Waals surface area (Å²) in [5, 5.41) is 1.33. The van der Waals surface area contributed by atoms with E-state index in [1.807, 2.05) is 0 Å². The number of carbonyl (C=O) groups excluding carboxylic acids is 1. The molecule has 0 fully saturated rings. The molecule has 0 bridgehead atoms. The van der Waals surface area contributed by atoms with Crippen LogP contribution in [-0.4, -0.2) is 28.0 Å². The van der Waals surface area contributed by atoms with E-state index in [-0.39, 0.29) is 18.0 Å². The Bertz CT molecular complexity index is 807. The van der Waals surface area contributed by atoms with Crippen molar-refractivity contribution < 1.29 is 4.79 Å². The van der Waals surface area contributed by atoms with E-state index in [4.69, 9.17) is 5.73 Å². The number of amides is 1. The highest BCUT2D eigenvalue weighted by atomic mass is 16.2. The maximum Gasteiger partial charge on any atom is 0.220 e. The summed E-state index contributed by atoms with van der Waals surface area (Å²) in [4.78, 5) is 14.4. The van der Waals surface area contributed by atoms with Crippen LogP contribution in [0.25, 0.3) is 10.9 Å². The number of para-hydroxylation sites is 1. The summed E-state index contributed by atoms with van der Waals surface area (Å²) in [7, 11) is 2.14. The molecule has 27 heavy (non-hydrogen) atoms. The number of nitrogens with zero attached hydrogens (tertiary/aromatic N) is 2. The van der Waals surface area contributed by atoms with Gasteiger partial charge in [-0.1, -0.05) is 45.4 Å². The molecule has 148 valence electrons. The van der Waals surface area contributed by atoms with E-state index in [0.29, 0.717) is 11.8 Å². The Morgan fingerprint density at radius 1 is 1.30 bits per heavy atom. The lowest BCUT2D eigenvalue weighted by Gasteiger charge is -2.37. The highest BCUT2D eigenvalue weighted by molar-refractivity contribution is 5.86. The second kappa shape index (κ2) is 8.05. The van der Waals surface area contributed by atoms with Crippen molar-refractivity contribution in [1.82, 2.24) is 9.47 Å². The SMILES string of the molecule is CCC(C(C)C)C(N)CCC1c2c(c3ccccc3n2C)CCN1C(C)=O. The van der Waals surface area contributed by atoms with Crippen LogP contribution < -0.4 is 5.73 Å². The lowest BCUT2D eigenvalue weighted by atomic mass is 9.83. The zero-order valence-corrected chi connectivity index (χ0v) is 17.5. The molecule has 1 aromatic heterocycles. The van der Waals surface area contributed by atoms with Gasteiger partial charge in [0.2, 0.25) is 5.91 Å². The van der Waals surface area contributed by atoms with Crippen molar-refractivity contribution in [2.75, 3.05) is 6.54 Å². The van der Waals surface area contributed by atoms with Crippen molar-refractivity contribution >= 4 is 16.8 Å². The Kier molecular flexibility index (Phi) is 5.95. The van der Waals surface area contributed by atoms with Gasteiger partial charge in [0.05, 0.1) is 6.04 Å². The molecular weight excluding hydrogens is 334 g/mol. The van der Waals surface area contributed by atoms with E-state index >= 15 is 0 Å². The molecule has 2 heterocycles. The maximum atomic E-state index is 12.4. The number of aryl methyl sites for hydroxylation is 1. The molecule has 1 aliphatic heterocycles. The Balaban J connectivity index is 1.93. The molecule has 0 saturated carbocycles. The first kappa shape index (κ1) is 19.9. The number of hydrogen-bond donors (Lipinski definition) is 1. The third-order valence-corrected chi connectivity index (χ3v) is 6.61. The zero-order valence-electron chi connectivity index (χ0n) is 17.5. The number of rotatable bonds is 6. The summed E-state index contributed by atoms with van der Waals surface area (Å²) in [6.07, 6.45) is 3.93. The van der Waals surface area contributed by atoms with Gasteiger partial charge in [0, 0.05) is 43.2 Å². The zero-order chi connectivity index (χ0) is 19.7. The molecule has 0 aliphatic carbocycles. The molecule has 0 spiro atoms. The molecule has 1 aromatic carbocycles. The van der Waals surface area contributed by atoms with Crippen LogP contribution in [0.15, 0.2) is 24.3 Å². The minimum atomic E-state index is 0.124. The Morgan fingerprint density at radius 3 is 2.63 bits per heavy atom. The molecule has 1 amide bonds. The molecule has 0 radical (unpaired) electrons. The number of carbonyl (C=O) groups is 1. The monoisotopic (exact) mass is 369 g/mol. The van der Waals surface area contributed by atoms with E-state index in [0.717, 1.165) is 32.2 Å². The molecular formula is C23H35N3O. The molecule has 4 heteroatoms. The second-order valence-corrected chi connectivity index (χ2v) is 8.48. The summed E-state index contributed by atoms with van der Waals surface area (Å²) in [6, 6.07) is 8.91. The van der Waals surface area contributed by atoms with Gasteiger partial charge in [0.25, 0.3) is 0 Å². The topological polar surface area (TPSA) is 51.3 Å². The van der Waals surface area contributed by atoms with E-state index in [2.05, 4.69) is 61.6 Å². The summed E-state index contributed by atoms with van der Waals surface area (Å²) in [5.41, 5.74) is 10.6. The maximum absolute atomic E-state index is 12.4. The van der Waals surface area contributed by atoms with Crippen molar-refractivity contribution in [3.8, 4) is 0 Å². The van der Waals surface area contributed by atoms with Crippen molar-refractivity contribution in [1.29, 1.82) is 0 Å². The third-order valence-electron chi connectivity index (χ3n) is 6.61. The fraction of sp³-hybridized carbons (Fsp3) is 0.609. The Labute approximate surface area is 163 Å². The van der Waals surface area contributed by atoms with Gasteiger partial charge in [-0.2, -0.15) is 0 Å². The minimum Gasteiger partial charge on any atom is -0.346 e. The second-order valence-electron chi connectivity index (χ2n) is 8.48. The van der Waals surface area contributed by atoms with Crippen LogP contribution in [0.2, 0.25) is 0 Å². The average molecular weight is 370 g/mol. The number of aromatic nitrogens is 1. The highest BCUT2D eigenvalue weighted by Crippen LogP contribution is 2.39. The molecule has 3 unspecified atom stereocenters. The fourth-order valence-electron chi connectivity index (χ4n) is 5.22. The van der Waals surface area contributed by atoms with Gasteiger partial charge < -0.3 is 15.2 Å². The number of hydrogen-bond acceptors (Lipinski definition) is 2. The minimum absolute atomic E-state index is 0.124. The van der Waals surface area contributed by atoms with E-state index in [1.165, 1.54) is 22.2 Å². The molecule has 4 nitrogen and oxygen atoms in total. The normalized spacial score (nSPS) is 19.4. The lowest BCUT2D eigenvalue weighted by molar-refractivity contribution is -0.132. The molecule has 3 rings (SSSR count). The van der Waals surface area contributed by atoms with Gasteiger partial charge >= 0.3 is 0 Å². The van der Waals surface area contributed by atoms with Crippen molar-refractivity contribution in [2.45, 2.75) is 65.5 Å². The Morgan fingerprint density at radius 2 is 2.00 bits per heavy atom. The van der Waals surface area contributed by atoms with E-state index < -0.39 is 0 Å². The van der Waals surface area contributed by atoms with Gasteiger partial charge in [-0.05, 0) is 42.7 Å². The smallest absolute Gasteiger partial charge is 0.220 e. The van der Waals surface area contributed by atoms with Gasteiger partial charge in [-0.15, -0.1) is 0 Å². The highest BCUT2D eigenvalue weighted by Gasteiger charge is 2.34. The van der Waals surface area contributed by atoms with Crippen LogP contribution in [0.5, 0.6) is 0 Å². The van der Waals surface area contributed by atoms with Crippen LogP contribution >= 0.6 is 0 Å². The predicted molar refractivity (Wildman–Crippen MR) is 113 cm³/mol. The van der Waals surface area contributed by atoms with Crippen molar-refractivity contribution in [2.24, 2.45) is 24.6 Å². The molecule has 2 N–H and O–H groups in total. The quantitative estimate of drug-likeness (QED) is 0.820. The lowest BCUT2D eigenvalue weighted by Crippen LogP contribution is -2.41.